The summed E-state index contributed by atoms with van der Waals surface area (Å²) in [7, 11) is -3.70. The van der Waals surface area contributed by atoms with Gasteiger partial charge in [0.25, 0.3) is 0 Å². The molecule has 0 aromatic heterocycles. The first-order valence-corrected chi connectivity index (χ1v) is 9.12. The molecule has 0 aliphatic carbocycles. The van der Waals surface area contributed by atoms with E-state index in [4.69, 9.17) is 13.0 Å². The highest BCUT2D eigenvalue weighted by Crippen LogP contribution is 2.20. The molecule has 136 valence electrons. The van der Waals surface area contributed by atoms with Crippen LogP contribution in [0, 0.1) is 0 Å². The molecule has 0 radical (unpaired) electrons. The van der Waals surface area contributed by atoms with Crippen LogP contribution in [0.4, 0.5) is 13.2 Å². The Hall–Kier alpha value is -1.02. The van der Waals surface area contributed by atoms with Crippen LogP contribution in [0.15, 0.2) is 23.9 Å². The van der Waals surface area contributed by atoms with Gasteiger partial charge < -0.3 is 4.90 Å². The summed E-state index contributed by atoms with van der Waals surface area (Å²) in [5, 5.41) is 0. The van der Waals surface area contributed by atoms with Crippen molar-refractivity contribution in [3.05, 3.63) is 23.9 Å². The number of likely N-dealkylation sites (N-methyl/N-ethyl adjacent to an activating group) is 1. The lowest BCUT2D eigenvalue weighted by Gasteiger charge is -2.19. The third-order valence-electron chi connectivity index (χ3n) is 3.27. The minimum atomic E-state index is -5.84. The third-order valence-corrected chi connectivity index (χ3v) is 3.85. The van der Waals surface area contributed by atoms with Crippen molar-refractivity contribution in [2.75, 3.05) is 13.6 Å². The molecule has 4 nitrogen and oxygen atoms in total. The van der Waals surface area contributed by atoms with E-state index in [0.717, 1.165) is 6.54 Å². The molecule has 1 heterocycles. The third kappa shape index (κ3) is 11.2. The second kappa shape index (κ2) is 10.7. The molecule has 0 aromatic rings. The minimum absolute atomic E-state index is 1.13. The maximum atomic E-state index is 10.7. The lowest BCUT2D eigenvalue weighted by Crippen LogP contribution is -2.21. The Morgan fingerprint density at radius 2 is 1.70 bits per heavy atom. The van der Waals surface area contributed by atoms with Crippen LogP contribution in [-0.4, -0.2) is 37.0 Å². The maximum absolute atomic E-state index is 10.7. The standard InChI is InChI=1S/C14H25N.CHF3O3S/c1-3-4-5-6-7-8-10-14-11-9-12-15(2)13-14;2-1(3,4)8(5,6)7/h9,11-12H,3-8,10,13H2,1-2H3;(H,5,6,7). The summed E-state index contributed by atoms with van der Waals surface area (Å²) in [5.74, 6) is 0. The van der Waals surface area contributed by atoms with Crippen LogP contribution in [0.25, 0.3) is 0 Å². The normalized spacial score (nSPS) is 15.0. The Balaban J connectivity index is 0.000000515. The smallest absolute Gasteiger partial charge is 0.376 e. The van der Waals surface area contributed by atoms with Crippen molar-refractivity contribution < 1.29 is 26.1 Å². The van der Waals surface area contributed by atoms with Gasteiger partial charge in [0, 0.05) is 13.6 Å². The average molecular weight is 357 g/mol. The van der Waals surface area contributed by atoms with Crippen molar-refractivity contribution >= 4 is 10.1 Å². The van der Waals surface area contributed by atoms with Crippen molar-refractivity contribution in [1.82, 2.24) is 4.90 Å². The molecule has 0 amide bonds. The first kappa shape index (κ1) is 22.0. The highest BCUT2D eigenvalue weighted by Gasteiger charge is 2.44. The van der Waals surface area contributed by atoms with Gasteiger partial charge in [-0.3, -0.25) is 4.55 Å². The largest absolute Gasteiger partial charge is 0.522 e. The summed E-state index contributed by atoms with van der Waals surface area (Å²) in [6.07, 6.45) is 16.3. The molecule has 23 heavy (non-hydrogen) atoms. The van der Waals surface area contributed by atoms with Crippen LogP contribution in [0.2, 0.25) is 0 Å². The lowest BCUT2D eigenvalue weighted by atomic mass is 10.0. The zero-order valence-corrected chi connectivity index (χ0v) is 14.5. The predicted octanol–water partition coefficient (Wildman–Crippen LogP) is 4.52. The van der Waals surface area contributed by atoms with Crippen LogP contribution >= 0.6 is 0 Å². The van der Waals surface area contributed by atoms with Gasteiger partial charge in [0.2, 0.25) is 0 Å². The molecule has 8 heteroatoms. The molecule has 1 aliphatic heterocycles. The van der Waals surface area contributed by atoms with E-state index in [1.54, 1.807) is 5.57 Å². The second-order valence-electron chi connectivity index (χ2n) is 5.52. The summed E-state index contributed by atoms with van der Waals surface area (Å²) in [6, 6.07) is 0. The Labute approximate surface area is 136 Å². The van der Waals surface area contributed by atoms with Gasteiger partial charge in [-0.15, -0.1) is 0 Å². The highest BCUT2D eigenvalue weighted by atomic mass is 32.2. The number of unbranched alkanes of at least 4 members (excludes halogenated alkanes) is 5. The summed E-state index contributed by atoms with van der Waals surface area (Å²) >= 11 is 0. The number of halogens is 3. The van der Waals surface area contributed by atoms with Gasteiger partial charge in [-0.05, 0) is 25.1 Å². The van der Waals surface area contributed by atoms with Crippen molar-refractivity contribution in [3.63, 3.8) is 0 Å². The number of rotatable bonds is 7. The van der Waals surface area contributed by atoms with Crippen molar-refractivity contribution in [1.29, 1.82) is 0 Å². The van der Waals surface area contributed by atoms with E-state index in [0.29, 0.717) is 0 Å². The molecule has 0 unspecified atom stereocenters. The van der Waals surface area contributed by atoms with E-state index in [-0.39, 0.29) is 0 Å². The van der Waals surface area contributed by atoms with Crippen LogP contribution in [-0.2, 0) is 10.1 Å². The van der Waals surface area contributed by atoms with Crippen LogP contribution in [0.5, 0.6) is 0 Å². The average Bonchev–Trinajstić information content (AvgIpc) is 2.41. The van der Waals surface area contributed by atoms with Gasteiger partial charge in [-0.1, -0.05) is 50.7 Å². The fourth-order valence-corrected chi connectivity index (χ4v) is 2.05. The maximum Gasteiger partial charge on any atom is 0.522 e. The number of alkyl halides is 3. The van der Waals surface area contributed by atoms with Gasteiger partial charge in [-0.25, -0.2) is 0 Å². The topological polar surface area (TPSA) is 57.6 Å². The predicted molar refractivity (Wildman–Crippen MR) is 85.4 cm³/mol. The van der Waals surface area contributed by atoms with Crippen LogP contribution < -0.4 is 0 Å². The zero-order chi connectivity index (χ0) is 17.9. The van der Waals surface area contributed by atoms with Crippen LogP contribution in [0.1, 0.15) is 51.9 Å². The number of hydrogen-bond acceptors (Lipinski definition) is 3. The first-order valence-electron chi connectivity index (χ1n) is 7.68. The van der Waals surface area contributed by atoms with Gasteiger partial charge in [0.05, 0.1) is 0 Å². The molecule has 0 fully saturated rings. The summed E-state index contributed by atoms with van der Waals surface area (Å²) in [5.41, 5.74) is -3.94. The van der Waals surface area contributed by atoms with E-state index in [1.165, 1.54) is 44.9 Å². The van der Waals surface area contributed by atoms with Crippen molar-refractivity contribution in [3.8, 4) is 0 Å². The molecule has 1 N–H and O–H groups in total. The highest BCUT2D eigenvalue weighted by molar-refractivity contribution is 7.86. The minimum Gasteiger partial charge on any atom is -0.376 e. The SMILES string of the molecule is CCCCCCCCC1=CC=CN(C)C1.O=S(=O)(O)C(F)(F)F. The molecule has 1 aliphatic rings. The quantitative estimate of drug-likeness (QED) is 0.414. The second-order valence-corrected chi connectivity index (χ2v) is 6.93. The molecule has 0 saturated carbocycles. The van der Waals surface area contributed by atoms with Crippen molar-refractivity contribution in [2.45, 2.75) is 57.4 Å². The van der Waals surface area contributed by atoms with Crippen molar-refractivity contribution in [2.24, 2.45) is 0 Å². The molecule has 1 rings (SSSR count). The Kier molecular flexibility index (Phi) is 10.2. The fourth-order valence-electron chi connectivity index (χ4n) is 2.05. The van der Waals surface area contributed by atoms with Gasteiger partial charge >= 0.3 is 15.6 Å². The molecule has 0 spiro atoms. The number of nitrogens with zero attached hydrogens (tertiary/aromatic N) is 1. The van der Waals surface area contributed by atoms with Gasteiger partial charge in [0.1, 0.15) is 0 Å². The Morgan fingerprint density at radius 3 is 2.17 bits per heavy atom. The monoisotopic (exact) mass is 357 g/mol. The lowest BCUT2D eigenvalue weighted by molar-refractivity contribution is -0.0510. The van der Waals surface area contributed by atoms with E-state index in [9.17, 15) is 13.2 Å². The summed E-state index contributed by atoms with van der Waals surface area (Å²) in [4.78, 5) is 2.26. The Morgan fingerprint density at radius 1 is 1.17 bits per heavy atom. The van der Waals surface area contributed by atoms with E-state index < -0.39 is 15.6 Å². The molecular formula is C15H26F3NO3S. The molecular weight excluding hydrogens is 331 g/mol. The summed E-state index contributed by atoms with van der Waals surface area (Å²) < 4.78 is 57.5. The van der Waals surface area contributed by atoms with Gasteiger partial charge in [0.15, 0.2) is 0 Å². The fraction of sp³-hybridized carbons (Fsp3) is 0.733. The van der Waals surface area contributed by atoms with E-state index in [1.807, 2.05) is 0 Å². The van der Waals surface area contributed by atoms with Crippen LogP contribution in [0.3, 0.4) is 0 Å². The Bertz CT molecular complexity index is 485. The molecule has 0 saturated heterocycles. The number of allylic oxidation sites excluding steroid dienone is 2. The molecule has 0 aromatic carbocycles. The van der Waals surface area contributed by atoms with E-state index >= 15 is 0 Å². The number of hydrogen-bond donors (Lipinski definition) is 1. The van der Waals surface area contributed by atoms with Gasteiger partial charge in [-0.2, -0.15) is 21.6 Å². The molecule has 0 bridgehead atoms. The molecule has 0 atom stereocenters. The summed E-state index contributed by atoms with van der Waals surface area (Å²) in [6.45, 7) is 3.40. The van der Waals surface area contributed by atoms with E-state index in [2.05, 4.69) is 37.2 Å². The zero-order valence-electron chi connectivity index (χ0n) is 13.6. The first-order chi connectivity index (χ1) is 10.6.